The van der Waals surface area contributed by atoms with Crippen molar-refractivity contribution in [3.63, 3.8) is 0 Å². The van der Waals surface area contributed by atoms with Gasteiger partial charge in [-0.2, -0.15) is 0 Å². The smallest absolute Gasteiger partial charge is 0.0819 e. The van der Waals surface area contributed by atoms with Gasteiger partial charge in [-0.1, -0.05) is 36.5 Å². The topological polar surface area (TPSA) is 40.5 Å². The minimum atomic E-state index is -0.731. The number of allylic oxidation sites excluding steroid dienone is 2. The first-order chi connectivity index (χ1) is 11.0. The van der Waals surface area contributed by atoms with Gasteiger partial charge in [0.25, 0.3) is 0 Å². The highest BCUT2D eigenvalue weighted by Crippen LogP contribution is 2.97. The van der Waals surface area contributed by atoms with E-state index < -0.39 is 11.2 Å². The van der Waals surface area contributed by atoms with Crippen LogP contribution in [0.5, 0.6) is 0 Å². The van der Waals surface area contributed by atoms with Crippen LogP contribution in [0.15, 0.2) is 49.6 Å². The van der Waals surface area contributed by atoms with Gasteiger partial charge in [-0.15, -0.1) is 13.2 Å². The van der Waals surface area contributed by atoms with Gasteiger partial charge in [-0.25, -0.2) is 0 Å². The van der Waals surface area contributed by atoms with Crippen molar-refractivity contribution in [1.82, 2.24) is 0 Å². The normalized spacial score (nSPS) is 67.6. The molecule has 10 atom stereocenters. The zero-order valence-corrected chi connectivity index (χ0v) is 13.4. The summed E-state index contributed by atoms with van der Waals surface area (Å²) in [6.07, 6.45) is 15.0. The van der Waals surface area contributed by atoms with Crippen molar-refractivity contribution in [2.75, 3.05) is 0 Å². The minimum absolute atomic E-state index is 0.225. The van der Waals surface area contributed by atoms with Crippen molar-refractivity contribution in [2.45, 2.75) is 30.5 Å². The maximum atomic E-state index is 12.0. The highest BCUT2D eigenvalue weighted by Gasteiger charge is 3.00. The lowest BCUT2D eigenvalue weighted by atomic mass is 9.32. The lowest BCUT2D eigenvalue weighted by Gasteiger charge is -2.73. The zero-order chi connectivity index (χ0) is 15.8. The van der Waals surface area contributed by atoms with Gasteiger partial charge < -0.3 is 10.2 Å². The molecule has 5 fully saturated rings. The van der Waals surface area contributed by atoms with E-state index in [0.29, 0.717) is 36.5 Å². The molecule has 2 N–H and O–H groups in total. The third-order valence-corrected chi connectivity index (χ3v) is 9.18. The maximum Gasteiger partial charge on any atom is 0.0819 e. The molecule has 120 valence electrons. The van der Waals surface area contributed by atoms with E-state index in [1.54, 1.807) is 0 Å². The standard InChI is InChI=1S/C21H24O2/c1-3-7-20(22)16-12-11-13-15-14(12)18(20)9-5-6-10-19(15,18)21(23,8-4-2)17(13)16/h3-6,9-10,12-17,22-23H,1-2,7-8,11H2. The molecular weight excluding hydrogens is 284 g/mol. The van der Waals surface area contributed by atoms with Gasteiger partial charge in [0.1, 0.15) is 0 Å². The molecule has 2 bridgehead atoms. The average Bonchev–Trinajstić information content (AvgIpc) is 3.06. The predicted molar refractivity (Wildman–Crippen MR) is 88.2 cm³/mol. The van der Waals surface area contributed by atoms with Gasteiger partial charge >= 0.3 is 0 Å². The molecule has 5 saturated carbocycles. The number of aliphatic hydroxyl groups is 2. The van der Waals surface area contributed by atoms with Crippen molar-refractivity contribution in [3.8, 4) is 0 Å². The molecule has 0 aliphatic heterocycles. The molecule has 2 heteroatoms. The molecular formula is C21H24O2. The quantitative estimate of drug-likeness (QED) is 0.784. The molecule has 0 radical (unpaired) electrons. The van der Waals surface area contributed by atoms with Gasteiger partial charge in [0.2, 0.25) is 0 Å². The number of fused-ring (bicyclic) bond motifs is 1. The number of hydrogen-bond donors (Lipinski definition) is 2. The van der Waals surface area contributed by atoms with E-state index in [0.717, 1.165) is 0 Å². The Balaban J connectivity index is 1.71. The molecule has 10 unspecified atom stereocenters. The first kappa shape index (κ1) is 13.2. The number of hydrogen-bond acceptors (Lipinski definition) is 2. The summed E-state index contributed by atoms with van der Waals surface area (Å²) in [5.41, 5.74) is -2.04. The Labute approximate surface area is 137 Å². The van der Waals surface area contributed by atoms with E-state index in [1.807, 2.05) is 12.2 Å². The predicted octanol–water partition coefficient (Wildman–Crippen LogP) is 2.85. The van der Waals surface area contributed by atoms with Crippen LogP contribution in [-0.2, 0) is 0 Å². The van der Waals surface area contributed by atoms with Crippen molar-refractivity contribution < 1.29 is 10.2 Å². The molecule has 6 rings (SSSR count). The Bertz CT molecular complexity index is 661. The van der Waals surface area contributed by atoms with Crippen LogP contribution in [0.3, 0.4) is 0 Å². The Morgan fingerprint density at radius 3 is 1.65 bits per heavy atom. The maximum absolute atomic E-state index is 12.0. The Morgan fingerprint density at radius 2 is 1.26 bits per heavy atom. The van der Waals surface area contributed by atoms with Crippen molar-refractivity contribution >= 4 is 0 Å². The summed E-state index contributed by atoms with van der Waals surface area (Å²) in [6.45, 7) is 7.88. The molecule has 0 aromatic heterocycles. The third-order valence-electron chi connectivity index (χ3n) is 9.18. The summed E-state index contributed by atoms with van der Waals surface area (Å²) in [6, 6.07) is 0. The SMILES string of the molecule is C=CCC1(O)C2C3CC4C2C(O)(CC=C)C25C=CC=CC12C3C45. The van der Waals surface area contributed by atoms with E-state index in [-0.39, 0.29) is 22.7 Å². The second-order valence-electron chi connectivity index (χ2n) is 8.96. The summed E-state index contributed by atoms with van der Waals surface area (Å²) in [4.78, 5) is 0. The fourth-order valence-corrected chi connectivity index (χ4v) is 9.51. The average molecular weight is 308 g/mol. The van der Waals surface area contributed by atoms with Crippen LogP contribution in [0.2, 0.25) is 0 Å². The second-order valence-corrected chi connectivity index (χ2v) is 8.96. The summed E-state index contributed by atoms with van der Waals surface area (Å²) >= 11 is 0. The molecule has 2 nitrogen and oxygen atoms in total. The number of rotatable bonds is 4. The Kier molecular flexibility index (Phi) is 1.90. The summed E-state index contributed by atoms with van der Waals surface area (Å²) < 4.78 is 0. The molecule has 0 heterocycles. The van der Waals surface area contributed by atoms with Crippen molar-refractivity contribution in [3.05, 3.63) is 49.6 Å². The summed E-state index contributed by atoms with van der Waals surface area (Å²) in [5.74, 6) is 2.73. The van der Waals surface area contributed by atoms with Crippen LogP contribution in [0.25, 0.3) is 0 Å². The molecule has 2 spiro atoms. The van der Waals surface area contributed by atoms with Crippen LogP contribution < -0.4 is 0 Å². The molecule has 0 saturated heterocycles. The molecule has 6 aliphatic rings. The summed E-state index contributed by atoms with van der Waals surface area (Å²) in [7, 11) is 0. The minimum Gasteiger partial charge on any atom is -0.388 e. The van der Waals surface area contributed by atoms with Gasteiger partial charge in [0.05, 0.1) is 11.2 Å². The molecule has 23 heavy (non-hydrogen) atoms. The molecule has 0 aromatic rings. The van der Waals surface area contributed by atoms with Crippen LogP contribution in [-0.4, -0.2) is 21.4 Å². The third kappa shape index (κ3) is 0.827. The van der Waals surface area contributed by atoms with Crippen molar-refractivity contribution in [2.24, 2.45) is 46.3 Å². The van der Waals surface area contributed by atoms with Crippen molar-refractivity contribution in [1.29, 1.82) is 0 Å². The summed E-state index contributed by atoms with van der Waals surface area (Å²) in [5, 5.41) is 23.9. The van der Waals surface area contributed by atoms with Crippen LogP contribution in [0.1, 0.15) is 19.3 Å². The van der Waals surface area contributed by atoms with Gasteiger partial charge in [-0.3, -0.25) is 0 Å². The fourth-order valence-electron chi connectivity index (χ4n) is 9.51. The molecule has 0 amide bonds. The molecule has 6 aliphatic carbocycles. The Morgan fingerprint density at radius 1 is 0.826 bits per heavy atom. The van der Waals surface area contributed by atoms with Gasteiger partial charge in [-0.05, 0) is 54.8 Å². The monoisotopic (exact) mass is 308 g/mol. The lowest BCUT2D eigenvalue weighted by Crippen LogP contribution is -2.77. The highest BCUT2D eigenvalue weighted by atomic mass is 16.3. The highest BCUT2D eigenvalue weighted by molar-refractivity contribution is 5.56. The van der Waals surface area contributed by atoms with Gasteiger partial charge in [0.15, 0.2) is 0 Å². The van der Waals surface area contributed by atoms with E-state index in [1.165, 1.54) is 6.42 Å². The van der Waals surface area contributed by atoms with E-state index in [2.05, 4.69) is 37.5 Å². The van der Waals surface area contributed by atoms with E-state index in [4.69, 9.17) is 0 Å². The fraction of sp³-hybridized carbons (Fsp3) is 0.619. The molecule has 0 aromatic carbocycles. The first-order valence-electron chi connectivity index (χ1n) is 9.09. The zero-order valence-electron chi connectivity index (χ0n) is 13.4. The lowest BCUT2D eigenvalue weighted by molar-refractivity contribution is -0.292. The largest absolute Gasteiger partial charge is 0.388 e. The van der Waals surface area contributed by atoms with Crippen LogP contribution >= 0.6 is 0 Å². The second kappa shape index (κ2) is 3.32. The van der Waals surface area contributed by atoms with Crippen LogP contribution in [0, 0.1) is 46.3 Å². The van der Waals surface area contributed by atoms with Crippen LogP contribution in [0.4, 0.5) is 0 Å². The van der Waals surface area contributed by atoms with Gasteiger partial charge in [0, 0.05) is 10.8 Å². The van der Waals surface area contributed by atoms with E-state index in [9.17, 15) is 10.2 Å². The first-order valence-corrected chi connectivity index (χ1v) is 9.09. The Hall–Kier alpha value is -1.12. The van der Waals surface area contributed by atoms with E-state index >= 15 is 0 Å².